The number of hydrogen-bond donors (Lipinski definition) is 0. The topological polar surface area (TPSA) is 69.5 Å². The number of carbonyl (C=O) groups is 1. The first-order valence-electron chi connectivity index (χ1n) is 17.5. The number of benzene rings is 2. The zero-order valence-electron chi connectivity index (χ0n) is 29.5. The van der Waals surface area contributed by atoms with E-state index in [1.165, 1.54) is 11.1 Å². The zero-order chi connectivity index (χ0) is 33.1. The van der Waals surface area contributed by atoms with Crippen LogP contribution in [-0.4, -0.2) is 48.7 Å². The minimum absolute atomic E-state index is 0.0274. The van der Waals surface area contributed by atoms with Gasteiger partial charge in [-0.2, -0.15) is 5.10 Å². The van der Waals surface area contributed by atoms with Crippen molar-refractivity contribution < 1.29 is 14.0 Å². The Morgan fingerprint density at radius 3 is 2.33 bits per heavy atom. The van der Waals surface area contributed by atoms with Crippen LogP contribution >= 0.6 is 0 Å². The van der Waals surface area contributed by atoms with Gasteiger partial charge in [0, 0.05) is 24.3 Å². The predicted octanol–water partition coefficient (Wildman–Crippen LogP) is 9.03. The third-order valence-electron chi connectivity index (χ3n) is 11.0. The van der Waals surface area contributed by atoms with E-state index in [0.29, 0.717) is 11.8 Å². The van der Waals surface area contributed by atoms with Crippen LogP contribution in [0.3, 0.4) is 0 Å². The van der Waals surface area contributed by atoms with Gasteiger partial charge in [0.15, 0.2) is 8.32 Å². The van der Waals surface area contributed by atoms with Gasteiger partial charge in [0.2, 0.25) is 5.91 Å². The first-order valence-corrected chi connectivity index (χ1v) is 20.4. The minimum Gasteiger partial charge on any atom is -0.496 e. The molecule has 0 radical (unpaired) electrons. The van der Waals surface area contributed by atoms with Crippen LogP contribution in [0.1, 0.15) is 102 Å². The molecular formula is C38H56N4O3Si. The number of amides is 1. The first kappa shape index (κ1) is 34.4. The monoisotopic (exact) mass is 644 g/mol. The summed E-state index contributed by atoms with van der Waals surface area (Å²) in [6.45, 7) is 16.4. The second kappa shape index (κ2) is 14.4. The number of aromatic nitrogens is 3. The number of hydrogen-bond acceptors (Lipinski definition) is 5. The molecule has 2 fully saturated rings. The number of rotatable bonds is 10. The summed E-state index contributed by atoms with van der Waals surface area (Å²) in [5, 5.41) is 4.72. The van der Waals surface area contributed by atoms with Crippen molar-refractivity contribution in [2.45, 2.75) is 123 Å². The van der Waals surface area contributed by atoms with Gasteiger partial charge in [-0.3, -0.25) is 4.79 Å². The largest absolute Gasteiger partial charge is 0.496 e. The summed E-state index contributed by atoms with van der Waals surface area (Å²) in [6, 6.07) is 15.0. The molecule has 0 aliphatic heterocycles. The van der Waals surface area contributed by atoms with Crippen LogP contribution in [0.5, 0.6) is 5.75 Å². The average Bonchev–Trinajstić information content (AvgIpc) is 3.49. The lowest BCUT2D eigenvalue weighted by Gasteiger charge is -2.41. The van der Waals surface area contributed by atoms with Gasteiger partial charge in [0.1, 0.15) is 17.9 Å². The van der Waals surface area contributed by atoms with Crippen molar-refractivity contribution in [1.82, 2.24) is 14.8 Å². The number of anilines is 1. The Kier molecular flexibility index (Phi) is 10.8. The van der Waals surface area contributed by atoms with Crippen LogP contribution in [0.15, 0.2) is 48.8 Å². The normalized spacial score (nSPS) is 22.4. The van der Waals surface area contributed by atoms with Gasteiger partial charge in [0.05, 0.1) is 12.8 Å². The van der Waals surface area contributed by atoms with Gasteiger partial charge < -0.3 is 14.1 Å². The predicted molar refractivity (Wildman–Crippen MR) is 190 cm³/mol. The molecule has 46 heavy (non-hydrogen) atoms. The summed E-state index contributed by atoms with van der Waals surface area (Å²) in [7, 11) is -0.0841. The van der Waals surface area contributed by atoms with E-state index >= 15 is 0 Å². The Morgan fingerprint density at radius 1 is 1.00 bits per heavy atom. The van der Waals surface area contributed by atoms with Gasteiger partial charge in [-0.25, -0.2) is 9.67 Å². The van der Waals surface area contributed by atoms with E-state index < -0.39 is 8.32 Å². The molecule has 0 saturated heterocycles. The standard InChI is InChI=1S/C38H56N4O3Si/c1-9-29-23-32(19-22-36(29)44-6)30-15-13-28(14-16-30)25-41(33-11-10-12-34(24-33)42-26-39-27(2)40-42)37(43)31-17-20-35(21-18-31)45-46(7,8)38(3,4)5/h10-12,19,22-24,26,28,30-31,35H,9,13-18,20-21,25H2,1-8H3. The van der Waals surface area contributed by atoms with Gasteiger partial charge >= 0.3 is 0 Å². The van der Waals surface area contributed by atoms with Crippen LogP contribution in [-0.2, 0) is 15.6 Å². The van der Waals surface area contributed by atoms with Crippen molar-refractivity contribution >= 4 is 19.9 Å². The van der Waals surface area contributed by atoms with E-state index in [-0.39, 0.29) is 23.0 Å². The smallest absolute Gasteiger partial charge is 0.230 e. The Morgan fingerprint density at radius 2 is 1.72 bits per heavy atom. The summed E-state index contributed by atoms with van der Waals surface area (Å²) in [4.78, 5) is 20.9. The fraction of sp³-hybridized carbons (Fsp3) is 0.605. The van der Waals surface area contributed by atoms with Crippen molar-refractivity contribution in [2.24, 2.45) is 11.8 Å². The highest BCUT2D eigenvalue weighted by Gasteiger charge is 2.41. The minimum atomic E-state index is -1.84. The molecule has 0 unspecified atom stereocenters. The molecule has 7 nitrogen and oxygen atoms in total. The second-order valence-electron chi connectivity index (χ2n) is 15.2. The van der Waals surface area contributed by atoms with Crippen molar-refractivity contribution in [2.75, 3.05) is 18.6 Å². The fourth-order valence-corrected chi connectivity index (χ4v) is 8.53. The second-order valence-corrected chi connectivity index (χ2v) is 20.0. The van der Waals surface area contributed by atoms with Crippen molar-refractivity contribution in [3.05, 3.63) is 65.7 Å². The van der Waals surface area contributed by atoms with Gasteiger partial charge in [-0.05, 0) is 130 Å². The molecule has 1 aromatic heterocycles. The highest BCUT2D eigenvalue weighted by Crippen LogP contribution is 2.41. The molecule has 2 aliphatic carbocycles. The van der Waals surface area contributed by atoms with E-state index in [1.807, 2.05) is 19.1 Å². The Bertz CT molecular complexity index is 1460. The van der Waals surface area contributed by atoms with Gasteiger partial charge in [-0.1, -0.05) is 45.9 Å². The Balaban J connectivity index is 1.30. The maximum atomic E-state index is 14.4. The summed E-state index contributed by atoms with van der Waals surface area (Å²) in [6.07, 6.45) is 11.2. The molecule has 2 saturated carbocycles. The van der Waals surface area contributed by atoms with E-state index in [9.17, 15) is 4.79 Å². The highest BCUT2D eigenvalue weighted by atomic mass is 28.4. The number of nitrogens with zero attached hydrogens (tertiary/aromatic N) is 4. The van der Waals surface area contributed by atoms with E-state index in [1.54, 1.807) is 18.1 Å². The molecular weight excluding hydrogens is 589 g/mol. The maximum Gasteiger partial charge on any atom is 0.230 e. The lowest BCUT2D eigenvalue weighted by Crippen LogP contribution is -2.46. The SMILES string of the molecule is CCc1cc(C2CCC(CN(C(=O)C3CCC(O[Si](C)(C)C(C)(C)C)CC3)c3cccc(-n4cnc(C)n4)c3)CC2)ccc1OC. The van der Waals surface area contributed by atoms with E-state index in [0.717, 1.165) is 87.3 Å². The fourth-order valence-electron chi connectivity index (χ4n) is 7.10. The average molecular weight is 645 g/mol. The molecule has 1 amide bonds. The quantitative estimate of drug-likeness (QED) is 0.206. The summed E-state index contributed by atoms with van der Waals surface area (Å²) >= 11 is 0. The van der Waals surface area contributed by atoms with Crippen molar-refractivity contribution in [3.63, 3.8) is 0 Å². The lowest BCUT2D eigenvalue weighted by atomic mass is 9.78. The van der Waals surface area contributed by atoms with Crippen molar-refractivity contribution in [3.8, 4) is 11.4 Å². The number of methoxy groups -OCH3 is 1. The number of carbonyl (C=O) groups excluding carboxylic acids is 1. The van der Waals surface area contributed by atoms with Gasteiger partial charge in [0.25, 0.3) is 0 Å². The molecule has 3 aromatic rings. The Labute approximate surface area is 278 Å². The molecule has 0 spiro atoms. The first-order chi connectivity index (χ1) is 21.9. The van der Waals surface area contributed by atoms with Gasteiger partial charge in [-0.15, -0.1) is 0 Å². The molecule has 0 bridgehead atoms. The number of aryl methyl sites for hydroxylation is 2. The molecule has 250 valence electrons. The van der Waals surface area contributed by atoms with Crippen LogP contribution < -0.4 is 9.64 Å². The zero-order valence-corrected chi connectivity index (χ0v) is 30.5. The lowest BCUT2D eigenvalue weighted by molar-refractivity contribution is -0.124. The van der Waals surface area contributed by atoms with Crippen molar-refractivity contribution in [1.29, 1.82) is 0 Å². The van der Waals surface area contributed by atoms with Crippen LogP contribution in [0.2, 0.25) is 18.1 Å². The summed E-state index contributed by atoms with van der Waals surface area (Å²) in [5.74, 6) is 3.04. The van der Waals surface area contributed by atoms with E-state index in [2.05, 4.69) is 86.1 Å². The molecule has 8 heteroatoms. The molecule has 5 rings (SSSR count). The summed E-state index contributed by atoms with van der Waals surface area (Å²) < 4.78 is 14.2. The van der Waals surface area contributed by atoms with Crippen LogP contribution in [0.25, 0.3) is 5.69 Å². The molecule has 1 heterocycles. The van der Waals surface area contributed by atoms with E-state index in [4.69, 9.17) is 9.16 Å². The van der Waals surface area contributed by atoms with Crippen LogP contribution in [0, 0.1) is 18.8 Å². The third-order valence-corrected chi connectivity index (χ3v) is 15.5. The van der Waals surface area contributed by atoms with Crippen LogP contribution in [0.4, 0.5) is 5.69 Å². The number of ether oxygens (including phenoxy) is 1. The third kappa shape index (κ3) is 7.93. The molecule has 2 aliphatic rings. The maximum absolute atomic E-state index is 14.4. The molecule has 0 N–H and O–H groups in total. The molecule has 2 aromatic carbocycles. The Hall–Kier alpha value is -2.97. The summed E-state index contributed by atoms with van der Waals surface area (Å²) in [5.41, 5.74) is 4.60. The highest BCUT2D eigenvalue weighted by molar-refractivity contribution is 6.74. The molecule has 0 atom stereocenters.